The van der Waals surface area contributed by atoms with E-state index >= 15 is 0 Å². The van der Waals surface area contributed by atoms with Crippen molar-refractivity contribution in [1.82, 2.24) is 20.9 Å². The predicted octanol–water partition coefficient (Wildman–Crippen LogP) is 1.68. The van der Waals surface area contributed by atoms with E-state index in [1.807, 2.05) is 6.92 Å². The van der Waals surface area contributed by atoms with E-state index in [4.69, 9.17) is 0 Å². The van der Waals surface area contributed by atoms with Crippen molar-refractivity contribution in [2.45, 2.75) is 110 Å². The van der Waals surface area contributed by atoms with Gasteiger partial charge in [0, 0.05) is 12.6 Å². The smallest absolute Gasteiger partial charge is 0.289 e. The number of nitroso groups, excluding NO2 is 1. The second-order valence-electron chi connectivity index (χ2n) is 11.8. The highest BCUT2D eigenvalue weighted by Gasteiger charge is 2.51. The lowest BCUT2D eigenvalue weighted by atomic mass is 9.92. The summed E-state index contributed by atoms with van der Waals surface area (Å²) in [5.74, 6) is -3.33. The average molecular weight is 534 g/mol. The van der Waals surface area contributed by atoms with Gasteiger partial charge in [-0.25, -0.2) is 0 Å². The van der Waals surface area contributed by atoms with Gasteiger partial charge in [0.2, 0.25) is 23.5 Å². The molecule has 1 unspecified atom stereocenters. The van der Waals surface area contributed by atoms with Crippen LogP contribution in [-0.4, -0.2) is 71.1 Å². The summed E-state index contributed by atoms with van der Waals surface area (Å²) in [4.78, 5) is 78.3. The topological polar surface area (TPSA) is 154 Å². The quantitative estimate of drug-likeness (QED) is 0.242. The van der Waals surface area contributed by atoms with Gasteiger partial charge >= 0.3 is 0 Å². The molecule has 0 bridgehead atoms. The summed E-state index contributed by atoms with van der Waals surface area (Å²) in [6.07, 6.45) is 5.23. The number of likely N-dealkylation sites (tertiary alicyclic amines) is 1. The molecule has 11 nitrogen and oxygen atoms in total. The van der Waals surface area contributed by atoms with Crippen LogP contribution in [0.4, 0.5) is 0 Å². The van der Waals surface area contributed by atoms with Gasteiger partial charge in [-0.2, -0.15) is 0 Å². The monoisotopic (exact) mass is 533 g/mol. The first-order valence-electron chi connectivity index (χ1n) is 14.1. The maximum absolute atomic E-state index is 13.8. The molecule has 0 radical (unpaired) electrons. The standard InChI is InChI=1S/C27H43N5O6/c1-6-8-19(23(33)26(36)28-17-11-12-17)29-25(35)22-18-10-7-9-16(18)13-32(22)27(37)21(15(4)5)30-24(34)20(31-38)14(2)3/h14-22H,6-13H2,1-5H3,(H,28,36)(H,29,35)(H,30,34)/t16-,18-,19?,20-,21-,22-/m0/s1. The van der Waals surface area contributed by atoms with Gasteiger partial charge in [0.15, 0.2) is 6.04 Å². The Morgan fingerprint density at radius 1 is 0.947 bits per heavy atom. The minimum Gasteiger partial charge on any atom is -0.347 e. The number of Topliss-reactive ketones (excluding diaryl/α,β-unsaturated/α-hetero) is 1. The fourth-order valence-electron chi connectivity index (χ4n) is 5.73. The van der Waals surface area contributed by atoms with Crippen molar-refractivity contribution in [3.8, 4) is 0 Å². The number of carbonyl (C=O) groups is 5. The summed E-state index contributed by atoms with van der Waals surface area (Å²) in [6.45, 7) is 9.26. The normalized spacial score (nSPS) is 24.9. The molecule has 3 aliphatic rings. The molecule has 0 aromatic rings. The molecule has 6 atom stereocenters. The van der Waals surface area contributed by atoms with Gasteiger partial charge in [-0.3, -0.25) is 24.0 Å². The van der Waals surface area contributed by atoms with E-state index in [-0.39, 0.29) is 35.6 Å². The zero-order valence-corrected chi connectivity index (χ0v) is 23.2. The number of ketones is 1. The van der Waals surface area contributed by atoms with Crippen LogP contribution >= 0.6 is 0 Å². The number of rotatable bonds is 13. The minimum atomic E-state index is -1.12. The summed E-state index contributed by atoms with van der Waals surface area (Å²) in [6, 6.07) is -3.79. The summed E-state index contributed by atoms with van der Waals surface area (Å²) < 4.78 is 0. The maximum Gasteiger partial charge on any atom is 0.289 e. The second kappa shape index (κ2) is 12.8. The average Bonchev–Trinajstić information content (AvgIpc) is 3.42. The Morgan fingerprint density at radius 3 is 2.18 bits per heavy atom. The Labute approximate surface area is 224 Å². The highest BCUT2D eigenvalue weighted by Crippen LogP contribution is 2.42. The molecule has 3 rings (SSSR count). The van der Waals surface area contributed by atoms with Crippen molar-refractivity contribution in [3.05, 3.63) is 4.91 Å². The zero-order chi connectivity index (χ0) is 28.1. The van der Waals surface area contributed by atoms with Crippen LogP contribution in [0.1, 0.15) is 79.6 Å². The molecule has 0 aromatic carbocycles. The van der Waals surface area contributed by atoms with Crippen LogP contribution in [0.25, 0.3) is 0 Å². The third kappa shape index (κ3) is 6.77. The summed E-state index contributed by atoms with van der Waals surface area (Å²) in [5.41, 5.74) is 0. The Morgan fingerprint density at radius 2 is 1.63 bits per heavy atom. The first-order valence-corrected chi connectivity index (χ1v) is 14.1. The van der Waals surface area contributed by atoms with Crippen LogP contribution in [0.5, 0.6) is 0 Å². The van der Waals surface area contributed by atoms with Crippen LogP contribution in [0.15, 0.2) is 5.18 Å². The van der Waals surface area contributed by atoms with Crippen molar-refractivity contribution in [1.29, 1.82) is 0 Å². The van der Waals surface area contributed by atoms with E-state index in [0.717, 1.165) is 32.1 Å². The highest BCUT2D eigenvalue weighted by molar-refractivity contribution is 6.38. The number of amides is 4. The van der Waals surface area contributed by atoms with Gasteiger partial charge in [-0.05, 0) is 55.8 Å². The van der Waals surface area contributed by atoms with E-state index in [1.54, 1.807) is 27.7 Å². The summed E-state index contributed by atoms with van der Waals surface area (Å²) in [5, 5.41) is 11.1. The van der Waals surface area contributed by atoms with Crippen molar-refractivity contribution < 1.29 is 24.0 Å². The summed E-state index contributed by atoms with van der Waals surface area (Å²) in [7, 11) is 0. The van der Waals surface area contributed by atoms with E-state index in [0.29, 0.717) is 19.4 Å². The van der Waals surface area contributed by atoms with Crippen molar-refractivity contribution in [2.24, 2.45) is 28.8 Å². The molecule has 212 valence electrons. The van der Waals surface area contributed by atoms with E-state index in [9.17, 15) is 28.9 Å². The molecule has 1 heterocycles. The van der Waals surface area contributed by atoms with Gasteiger partial charge in [0.1, 0.15) is 12.1 Å². The summed E-state index contributed by atoms with van der Waals surface area (Å²) >= 11 is 0. The molecular formula is C27H43N5O6. The molecule has 11 heteroatoms. The number of hydrogen-bond donors (Lipinski definition) is 3. The Hall–Kier alpha value is -2.85. The number of hydrogen-bond acceptors (Lipinski definition) is 7. The van der Waals surface area contributed by atoms with Gasteiger partial charge in [0.25, 0.3) is 5.91 Å². The van der Waals surface area contributed by atoms with Crippen LogP contribution in [0.3, 0.4) is 0 Å². The number of fused-ring (bicyclic) bond motifs is 1. The van der Waals surface area contributed by atoms with Crippen LogP contribution in [-0.2, 0) is 24.0 Å². The second-order valence-corrected chi connectivity index (χ2v) is 11.8. The molecule has 0 aromatic heterocycles. The van der Waals surface area contributed by atoms with Crippen molar-refractivity contribution in [2.75, 3.05) is 6.54 Å². The van der Waals surface area contributed by atoms with Crippen LogP contribution in [0, 0.1) is 28.6 Å². The Bertz CT molecular complexity index is 933. The van der Waals surface area contributed by atoms with Crippen molar-refractivity contribution >= 4 is 29.4 Å². The number of nitrogens with zero attached hydrogens (tertiary/aromatic N) is 2. The van der Waals surface area contributed by atoms with E-state index in [2.05, 4.69) is 21.1 Å². The highest BCUT2D eigenvalue weighted by atomic mass is 16.3. The molecule has 1 saturated heterocycles. The number of nitrogens with one attached hydrogen (secondary N) is 3. The Balaban J connectivity index is 1.79. The van der Waals surface area contributed by atoms with Gasteiger partial charge in [-0.15, -0.1) is 4.91 Å². The first-order chi connectivity index (χ1) is 18.0. The molecule has 0 spiro atoms. The van der Waals surface area contributed by atoms with Gasteiger partial charge in [0.05, 0.1) is 6.04 Å². The van der Waals surface area contributed by atoms with E-state index in [1.165, 1.54) is 4.90 Å². The molecule has 2 saturated carbocycles. The lowest BCUT2D eigenvalue weighted by Crippen LogP contribution is -2.59. The molecule has 3 N–H and O–H groups in total. The largest absolute Gasteiger partial charge is 0.347 e. The predicted molar refractivity (Wildman–Crippen MR) is 141 cm³/mol. The Kier molecular flexibility index (Phi) is 10.0. The molecule has 38 heavy (non-hydrogen) atoms. The molecule has 1 aliphatic heterocycles. The lowest BCUT2D eigenvalue weighted by molar-refractivity contribution is -0.145. The minimum absolute atomic E-state index is 0.0273. The van der Waals surface area contributed by atoms with Crippen LogP contribution in [0.2, 0.25) is 0 Å². The first kappa shape index (κ1) is 29.7. The maximum atomic E-state index is 13.8. The van der Waals surface area contributed by atoms with Gasteiger partial charge in [-0.1, -0.05) is 52.6 Å². The SMILES string of the molecule is CCCC(NC(=O)[C@@H]1[C@H]2CCC[C@H]2CN1C(=O)[C@@H](NC(=O)[C@@H](N=O)C(C)C)C(C)C)C(=O)C(=O)NC1CC1. The van der Waals surface area contributed by atoms with E-state index < -0.39 is 47.7 Å². The molecule has 3 fully saturated rings. The third-order valence-electron chi connectivity index (χ3n) is 8.03. The van der Waals surface area contributed by atoms with Gasteiger partial charge < -0.3 is 20.9 Å². The van der Waals surface area contributed by atoms with Crippen LogP contribution < -0.4 is 16.0 Å². The fraction of sp³-hybridized carbons (Fsp3) is 0.815. The zero-order valence-electron chi connectivity index (χ0n) is 23.2. The molecule has 2 aliphatic carbocycles. The molecule has 4 amide bonds. The number of carbonyl (C=O) groups excluding carboxylic acids is 5. The lowest BCUT2D eigenvalue weighted by Gasteiger charge is -2.33. The fourth-order valence-corrected chi connectivity index (χ4v) is 5.73. The van der Waals surface area contributed by atoms with Crippen molar-refractivity contribution in [3.63, 3.8) is 0 Å². The third-order valence-corrected chi connectivity index (χ3v) is 8.03. The molecular weight excluding hydrogens is 490 g/mol.